The molecule has 0 N–H and O–H groups in total. The molecule has 1 unspecified atom stereocenters. The van der Waals surface area contributed by atoms with Gasteiger partial charge in [0.2, 0.25) is 0 Å². The molecule has 2 rings (SSSR count). The molecule has 0 aromatic heterocycles. The summed E-state index contributed by atoms with van der Waals surface area (Å²) in [7, 11) is 2.51. The number of non-ortho nitro benzene ring substituents is 1. The Morgan fingerprint density at radius 2 is 2.07 bits per heavy atom. The van der Waals surface area contributed by atoms with Crippen LogP contribution in [0.3, 0.4) is 0 Å². The molecule has 1 aromatic rings. The van der Waals surface area contributed by atoms with Gasteiger partial charge in [-0.15, -0.1) is 9.24 Å². The van der Waals surface area contributed by atoms with Gasteiger partial charge >= 0.3 is 0 Å². The van der Waals surface area contributed by atoms with Gasteiger partial charge in [0.15, 0.2) is 6.29 Å². The summed E-state index contributed by atoms with van der Waals surface area (Å²) >= 11 is 0. The molecule has 1 heterocycles. The first-order valence-corrected chi connectivity index (χ1v) is 5.03. The zero-order chi connectivity index (χ0) is 10.8. The average Bonchev–Trinajstić information content (AvgIpc) is 2.71. The monoisotopic (exact) mass is 227 g/mol. The first-order chi connectivity index (χ1) is 7.18. The third-order valence-electron chi connectivity index (χ3n) is 2.16. The zero-order valence-corrected chi connectivity index (χ0v) is 9.04. The van der Waals surface area contributed by atoms with Crippen LogP contribution < -0.4 is 5.30 Å². The normalized spacial score (nSPS) is 16.9. The zero-order valence-electron chi connectivity index (χ0n) is 7.88. The molecule has 80 valence electrons. The third-order valence-corrected chi connectivity index (χ3v) is 2.68. The van der Waals surface area contributed by atoms with Gasteiger partial charge in [-0.25, -0.2) is 0 Å². The summed E-state index contributed by atoms with van der Waals surface area (Å²) in [6.45, 7) is 1.05. The summed E-state index contributed by atoms with van der Waals surface area (Å²) in [5, 5.41) is 11.5. The lowest BCUT2D eigenvalue weighted by Gasteiger charge is -2.11. The molecule has 1 atom stereocenters. The second-order valence-corrected chi connectivity index (χ2v) is 3.77. The average molecular weight is 227 g/mol. The number of hydrogen-bond donors (Lipinski definition) is 0. The molecule has 0 radical (unpaired) electrons. The second kappa shape index (κ2) is 4.23. The standard InChI is InChI=1S/C9H10NO4P/c11-10(12)6-1-2-8(15)7(5-6)9-13-3-4-14-9/h1-2,5,9H,3-4,15H2. The maximum Gasteiger partial charge on any atom is 0.269 e. The Morgan fingerprint density at radius 1 is 1.40 bits per heavy atom. The smallest absolute Gasteiger partial charge is 0.269 e. The summed E-state index contributed by atoms with van der Waals surface area (Å²) in [6, 6.07) is 4.61. The Morgan fingerprint density at radius 3 is 2.67 bits per heavy atom. The van der Waals surface area contributed by atoms with Crippen molar-refractivity contribution in [3.63, 3.8) is 0 Å². The molecule has 1 aromatic carbocycles. The highest BCUT2D eigenvalue weighted by Crippen LogP contribution is 2.25. The summed E-state index contributed by atoms with van der Waals surface area (Å²) in [4.78, 5) is 10.2. The lowest BCUT2D eigenvalue weighted by molar-refractivity contribution is -0.385. The van der Waals surface area contributed by atoms with Crippen molar-refractivity contribution in [3.8, 4) is 0 Å². The molecular formula is C9H10NO4P. The van der Waals surface area contributed by atoms with Gasteiger partial charge in [-0.2, -0.15) is 0 Å². The van der Waals surface area contributed by atoms with E-state index in [1.54, 1.807) is 6.07 Å². The molecular weight excluding hydrogens is 217 g/mol. The second-order valence-electron chi connectivity index (χ2n) is 3.14. The topological polar surface area (TPSA) is 61.6 Å². The molecule has 1 fully saturated rings. The molecule has 0 amide bonds. The Balaban J connectivity index is 2.35. The number of nitro benzene ring substituents is 1. The van der Waals surface area contributed by atoms with Crippen LogP contribution in [0, 0.1) is 10.1 Å². The van der Waals surface area contributed by atoms with Crippen LogP contribution in [-0.2, 0) is 9.47 Å². The van der Waals surface area contributed by atoms with Crippen LogP contribution in [0.4, 0.5) is 5.69 Å². The van der Waals surface area contributed by atoms with Gasteiger partial charge in [-0.3, -0.25) is 10.1 Å². The SMILES string of the molecule is O=[N+]([O-])c1ccc(P)c(C2OCCO2)c1. The predicted molar refractivity (Wildman–Crippen MR) is 57.1 cm³/mol. The molecule has 0 aliphatic carbocycles. The van der Waals surface area contributed by atoms with E-state index in [1.165, 1.54) is 12.1 Å². The van der Waals surface area contributed by atoms with E-state index in [4.69, 9.17) is 9.47 Å². The quantitative estimate of drug-likeness (QED) is 0.432. The Hall–Kier alpha value is -1.03. The van der Waals surface area contributed by atoms with E-state index in [0.717, 1.165) is 5.30 Å². The molecule has 1 aliphatic heterocycles. The molecule has 0 spiro atoms. The molecule has 15 heavy (non-hydrogen) atoms. The highest BCUT2D eigenvalue weighted by atomic mass is 31.0. The number of ether oxygens (including phenoxy) is 2. The van der Waals surface area contributed by atoms with Crippen LogP contribution in [0.15, 0.2) is 18.2 Å². The largest absolute Gasteiger partial charge is 0.346 e. The van der Waals surface area contributed by atoms with Crippen LogP contribution in [0.5, 0.6) is 0 Å². The Labute approximate surface area is 88.7 Å². The van der Waals surface area contributed by atoms with Crippen LogP contribution in [0.2, 0.25) is 0 Å². The number of hydrogen-bond acceptors (Lipinski definition) is 4. The summed E-state index contributed by atoms with van der Waals surface area (Å²) in [5.41, 5.74) is 0.752. The van der Waals surface area contributed by atoms with Gasteiger partial charge in [0.25, 0.3) is 5.69 Å². The summed E-state index contributed by atoms with van der Waals surface area (Å²) < 4.78 is 10.6. The minimum absolute atomic E-state index is 0.0512. The van der Waals surface area contributed by atoms with E-state index < -0.39 is 11.2 Å². The van der Waals surface area contributed by atoms with Crippen molar-refractivity contribution in [1.82, 2.24) is 0 Å². The van der Waals surface area contributed by atoms with E-state index >= 15 is 0 Å². The van der Waals surface area contributed by atoms with Gasteiger partial charge in [0.05, 0.1) is 18.1 Å². The van der Waals surface area contributed by atoms with Gasteiger partial charge < -0.3 is 9.47 Å². The molecule has 0 bridgehead atoms. The molecule has 0 saturated carbocycles. The molecule has 5 nitrogen and oxygen atoms in total. The van der Waals surface area contributed by atoms with Crippen molar-refractivity contribution in [1.29, 1.82) is 0 Å². The minimum Gasteiger partial charge on any atom is -0.346 e. The van der Waals surface area contributed by atoms with E-state index in [1.807, 2.05) is 0 Å². The van der Waals surface area contributed by atoms with Gasteiger partial charge in [0.1, 0.15) is 0 Å². The maximum atomic E-state index is 10.6. The highest BCUT2D eigenvalue weighted by molar-refractivity contribution is 7.27. The van der Waals surface area contributed by atoms with Crippen LogP contribution in [0.25, 0.3) is 0 Å². The lowest BCUT2D eigenvalue weighted by atomic mass is 10.2. The van der Waals surface area contributed by atoms with Crippen LogP contribution in [0.1, 0.15) is 11.9 Å². The first-order valence-electron chi connectivity index (χ1n) is 4.45. The molecule has 1 aliphatic rings. The highest BCUT2D eigenvalue weighted by Gasteiger charge is 2.22. The van der Waals surface area contributed by atoms with Crippen LogP contribution in [-0.4, -0.2) is 18.1 Å². The van der Waals surface area contributed by atoms with Crippen molar-refractivity contribution in [3.05, 3.63) is 33.9 Å². The fourth-order valence-electron chi connectivity index (χ4n) is 1.42. The van der Waals surface area contributed by atoms with Crippen molar-refractivity contribution in [2.45, 2.75) is 6.29 Å². The van der Waals surface area contributed by atoms with Gasteiger partial charge in [-0.1, -0.05) is 0 Å². The van der Waals surface area contributed by atoms with Gasteiger partial charge in [0, 0.05) is 17.7 Å². The lowest BCUT2D eigenvalue weighted by Crippen LogP contribution is -2.09. The van der Waals surface area contributed by atoms with Crippen molar-refractivity contribution in [2.24, 2.45) is 0 Å². The van der Waals surface area contributed by atoms with E-state index in [0.29, 0.717) is 18.8 Å². The van der Waals surface area contributed by atoms with E-state index in [9.17, 15) is 10.1 Å². The maximum absolute atomic E-state index is 10.6. The fraction of sp³-hybridized carbons (Fsp3) is 0.333. The third kappa shape index (κ3) is 2.15. The number of nitrogens with zero attached hydrogens (tertiary/aromatic N) is 1. The van der Waals surface area contributed by atoms with Crippen LogP contribution >= 0.6 is 9.24 Å². The fourth-order valence-corrected chi connectivity index (χ4v) is 1.73. The summed E-state index contributed by atoms with van der Waals surface area (Å²) in [6.07, 6.45) is -0.475. The number of rotatable bonds is 2. The minimum atomic E-state index is -0.475. The van der Waals surface area contributed by atoms with Crippen molar-refractivity contribution >= 4 is 20.2 Å². The number of benzene rings is 1. The van der Waals surface area contributed by atoms with Crippen molar-refractivity contribution in [2.75, 3.05) is 13.2 Å². The molecule has 6 heteroatoms. The summed E-state index contributed by atoms with van der Waals surface area (Å²) in [5.74, 6) is 0. The predicted octanol–water partition coefficient (Wildman–Crippen LogP) is 1.14. The van der Waals surface area contributed by atoms with E-state index in [-0.39, 0.29) is 5.69 Å². The first kappa shape index (κ1) is 10.5. The molecule has 1 saturated heterocycles. The van der Waals surface area contributed by atoms with Gasteiger partial charge in [-0.05, 0) is 11.4 Å². The van der Waals surface area contributed by atoms with E-state index in [2.05, 4.69) is 9.24 Å². The number of nitro groups is 1. The van der Waals surface area contributed by atoms with Crippen molar-refractivity contribution < 1.29 is 14.4 Å². The Bertz CT molecular complexity index is 390. The Kier molecular flexibility index (Phi) is 2.95.